The minimum absolute atomic E-state index is 0.0135. The first-order valence-electron chi connectivity index (χ1n) is 9.53. The van der Waals surface area contributed by atoms with Crippen LogP contribution in [-0.2, 0) is 6.54 Å². The van der Waals surface area contributed by atoms with Crippen molar-refractivity contribution in [3.05, 3.63) is 53.0 Å². The number of benzene rings is 2. The van der Waals surface area contributed by atoms with Crippen molar-refractivity contribution in [2.75, 3.05) is 19.9 Å². The third-order valence-corrected chi connectivity index (χ3v) is 6.52. The van der Waals surface area contributed by atoms with Crippen molar-refractivity contribution in [1.82, 2.24) is 15.2 Å². The van der Waals surface area contributed by atoms with Gasteiger partial charge in [0.05, 0.1) is 15.2 Å². The smallest absolute Gasteiger partial charge is 0.317 e. The van der Waals surface area contributed by atoms with Gasteiger partial charge in [-0.3, -0.25) is 0 Å². The molecule has 2 aliphatic rings. The first kappa shape index (κ1) is 17.3. The molecule has 0 atom stereocenters. The van der Waals surface area contributed by atoms with Crippen LogP contribution in [0.5, 0.6) is 11.5 Å². The van der Waals surface area contributed by atoms with Gasteiger partial charge in [-0.2, -0.15) is 0 Å². The van der Waals surface area contributed by atoms with Crippen LogP contribution in [0.1, 0.15) is 29.3 Å². The summed E-state index contributed by atoms with van der Waals surface area (Å²) in [6, 6.07) is 14.0. The second kappa shape index (κ2) is 7.31. The highest BCUT2D eigenvalue weighted by atomic mass is 32.1. The van der Waals surface area contributed by atoms with Gasteiger partial charge in [0.25, 0.3) is 0 Å². The van der Waals surface area contributed by atoms with Crippen LogP contribution in [-0.4, -0.2) is 35.8 Å². The van der Waals surface area contributed by atoms with Crippen LogP contribution in [0.3, 0.4) is 0 Å². The van der Waals surface area contributed by atoms with Gasteiger partial charge in [0.15, 0.2) is 11.5 Å². The largest absolute Gasteiger partial charge is 0.454 e. The summed E-state index contributed by atoms with van der Waals surface area (Å²) in [7, 11) is 0. The number of aromatic nitrogens is 1. The van der Waals surface area contributed by atoms with Crippen molar-refractivity contribution in [1.29, 1.82) is 0 Å². The van der Waals surface area contributed by atoms with Gasteiger partial charge >= 0.3 is 6.03 Å². The molecule has 6 nitrogen and oxygen atoms in total. The molecule has 3 aromatic rings. The number of likely N-dealkylation sites (tertiary alicyclic amines) is 1. The first-order valence-corrected chi connectivity index (χ1v) is 10.3. The van der Waals surface area contributed by atoms with E-state index in [-0.39, 0.29) is 12.8 Å². The molecule has 1 saturated heterocycles. The predicted octanol–water partition coefficient (Wildman–Crippen LogP) is 4.11. The van der Waals surface area contributed by atoms with Gasteiger partial charge in [0.2, 0.25) is 6.79 Å². The van der Waals surface area contributed by atoms with Crippen LogP contribution >= 0.6 is 11.3 Å². The summed E-state index contributed by atoms with van der Waals surface area (Å²) in [5.41, 5.74) is 2.08. The van der Waals surface area contributed by atoms with E-state index in [2.05, 4.69) is 23.5 Å². The number of fused-ring (bicyclic) bond motifs is 2. The van der Waals surface area contributed by atoms with Crippen LogP contribution in [0.15, 0.2) is 42.5 Å². The lowest BCUT2D eigenvalue weighted by Crippen LogP contribution is -2.43. The fourth-order valence-electron chi connectivity index (χ4n) is 3.73. The molecule has 28 heavy (non-hydrogen) atoms. The van der Waals surface area contributed by atoms with Gasteiger partial charge in [0, 0.05) is 25.6 Å². The Morgan fingerprint density at radius 2 is 1.96 bits per heavy atom. The maximum Gasteiger partial charge on any atom is 0.317 e. The fourth-order valence-corrected chi connectivity index (χ4v) is 4.87. The maximum atomic E-state index is 12.5. The van der Waals surface area contributed by atoms with E-state index in [1.807, 2.05) is 29.2 Å². The number of urea groups is 1. The number of carbonyl (C=O) groups is 1. The molecule has 3 heterocycles. The number of para-hydroxylation sites is 1. The van der Waals surface area contributed by atoms with E-state index >= 15 is 0 Å². The minimum Gasteiger partial charge on any atom is -0.454 e. The Kier molecular flexibility index (Phi) is 4.52. The van der Waals surface area contributed by atoms with Gasteiger partial charge < -0.3 is 19.7 Å². The summed E-state index contributed by atoms with van der Waals surface area (Å²) < 4.78 is 11.9. The van der Waals surface area contributed by atoms with Gasteiger partial charge in [-0.1, -0.05) is 18.2 Å². The Hall–Kier alpha value is -2.80. The number of hydrogen-bond acceptors (Lipinski definition) is 5. The van der Waals surface area contributed by atoms with Gasteiger partial charge in [-0.15, -0.1) is 11.3 Å². The average Bonchev–Trinajstić information content (AvgIpc) is 3.38. The van der Waals surface area contributed by atoms with Gasteiger partial charge in [-0.05, 0) is 42.7 Å². The number of nitrogens with zero attached hydrogens (tertiary/aromatic N) is 2. The summed E-state index contributed by atoms with van der Waals surface area (Å²) in [4.78, 5) is 19.2. The highest BCUT2D eigenvalue weighted by molar-refractivity contribution is 7.18. The van der Waals surface area contributed by atoms with E-state index in [4.69, 9.17) is 14.5 Å². The van der Waals surface area contributed by atoms with E-state index < -0.39 is 0 Å². The molecule has 0 unspecified atom stereocenters. The minimum atomic E-state index is -0.0135. The average molecular weight is 395 g/mol. The van der Waals surface area contributed by atoms with Crippen LogP contribution in [0.25, 0.3) is 10.2 Å². The summed E-state index contributed by atoms with van der Waals surface area (Å²) in [5.74, 6) is 1.94. The molecule has 2 aromatic carbocycles. The van der Waals surface area contributed by atoms with E-state index in [1.54, 1.807) is 11.3 Å². The second-order valence-corrected chi connectivity index (χ2v) is 8.19. The number of carbonyl (C=O) groups excluding carboxylic acids is 1. The maximum absolute atomic E-state index is 12.5. The van der Waals surface area contributed by atoms with E-state index in [0.717, 1.165) is 48.5 Å². The number of piperidine rings is 1. The molecular formula is C21H21N3O3S. The summed E-state index contributed by atoms with van der Waals surface area (Å²) in [5, 5.41) is 4.21. The number of ether oxygens (including phenoxy) is 2. The monoisotopic (exact) mass is 395 g/mol. The van der Waals surface area contributed by atoms with Crippen molar-refractivity contribution in [3.63, 3.8) is 0 Å². The van der Waals surface area contributed by atoms with Crippen molar-refractivity contribution in [2.24, 2.45) is 0 Å². The van der Waals surface area contributed by atoms with E-state index in [0.29, 0.717) is 12.5 Å². The van der Waals surface area contributed by atoms with E-state index in [1.165, 1.54) is 9.71 Å². The summed E-state index contributed by atoms with van der Waals surface area (Å²) in [6.45, 7) is 2.25. The number of thiazole rings is 1. The Morgan fingerprint density at radius 3 is 2.82 bits per heavy atom. The van der Waals surface area contributed by atoms with E-state index in [9.17, 15) is 4.79 Å². The van der Waals surface area contributed by atoms with Crippen molar-refractivity contribution >= 4 is 27.6 Å². The molecule has 0 spiro atoms. The Bertz CT molecular complexity index is 978. The molecule has 0 aliphatic carbocycles. The molecule has 5 rings (SSSR count). The van der Waals surface area contributed by atoms with Crippen LogP contribution in [0.2, 0.25) is 0 Å². The molecule has 144 valence electrons. The second-order valence-electron chi connectivity index (χ2n) is 7.13. The zero-order chi connectivity index (χ0) is 18.9. The lowest BCUT2D eigenvalue weighted by molar-refractivity contribution is 0.173. The lowest BCUT2D eigenvalue weighted by Gasteiger charge is -2.31. The molecule has 2 amide bonds. The van der Waals surface area contributed by atoms with Gasteiger partial charge in [0.1, 0.15) is 0 Å². The molecule has 0 saturated carbocycles. The lowest BCUT2D eigenvalue weighted by atomic mass is 9.98. The van der Waals surface area contributed by atoms with Crippen molar-refractivity contribution in [2.45, 2.75) is 25.3 Å². The molecule has 1 aromatic heterocycles. The quantitative estimate of drug-likeness (QED) is 0.725. The number of rotatable bonds is 3. The topological polar surface area (TPSA) is 63.7 Å². The first-order chi connectivity index (χ1) is 13.8. The SMILES string of the molecule is O=C(NCc1ccc2c(c1)OCO2)N1CCC(c2nc3ccccc3s2)CC1. The number of hydrogen-bond donors (Lipinski definition) is 1. The normalized spacial score (nSPS) is 16.5. The zero-order valence-electron chi connectivity index (χ0n) is 15.4. The molecule has 1 N–H and O–H groups in total. The summed E-state index contributed by atoms with van der Waals surface area (Å²) >= 11 is 1.78. The predicted molar refractivity (Wildman–Crippen MR) is 108 cm³/mol. The molecule has 0 bridgehead atoms. The zero-order valence-corrected chi connectivity index (χ0v) is 16.2. The molecule has 1 fully saturated rings. The molecular weight excluding hydrogens is 374 g/mol. The molecule has 2 aliphatic heterocycles. The van der Waals surface area contributed by atoms with Gasteiger partial charge in [-0.25, -0.2) is 9.78 Å². The third kappa shape index (κ3) is 3.38. The Morgan fingerprint density at radius 1 is 1.14 bits per heavy atom. The van der Waals surface area contributed by atoms with Crippen LogP contribution in [0.4, 0.5) is 4.79 Å². The van der Waals surface area contributed by atoms with Crippen LogP contribution < -0.4 is 14.8 Å². The number of nitrogens with one attached hydrogen (secondary N) is 1. The fraction of sp³-hybridized carbons (Fsp3) is 0.333. The standard InChI is InChI=1S/C21H21N3O3S/c25-21(22-12-14-5-6-17-18(11-14)27-13-26-17)24-9-7-15(8-10-24)20-23-16-3-1-2-4-19(16)28-20/h1-6,11,15H,7-10,12-13H2,(H,22,25). The highest BCUT2D eigenvalue weighted by Crippen LogP contribution is 2.34. The van der Waals surface area contributed by atoms with Crippen molar-refractivity contribution < 1.29 is 14.3 Å². The Balaban J connectivity index is 1.15. The molecule has 0 radical (unpaired) electrons. The summed E-state index contributed by atoms with van der Waals surface area (Å²) in [6.07, 6.45) is 1.91. The number of amides is 2. The Labute approximate surface area is 167 Å². The third-order valence-electron chi connectivity index (χ3n) is 5.32. The highest BCUT2D eigenvalue weighted by Gasteiger charge is 2.26. The van der Waals surface area contributed by atoms with Crippen molar-refractivity contribution in [3.8, 4) is 11.5 Å². The molecule has 7 heteroatoms. The van der Waals surface area contributed by atoms with Crippen LogP contribution in [0, 0.1) is 0 Å².